The molecule has 1 fully saturated rings. The van der Waals surface area contributed by atoms with E-state index >= 15 is 0 Å². The van der Waals surface area contributed by atoms with Crippen molar-refractivity contribution in [3.05, 3.63) is 108 Å². The van der Waals surface area contributed by atoms with Crippen molar-refractivity contribution in [3.8, 4) is 5.75 Å². The molecule has 1 N–H and O–H groups in total. The van der Waals surface area contributed by atoms with Gasteiger partial charge >= 0.3 is 0 Å². The number of hydrogen-bond donors (Lipinski definition) is 1. The monoisotopic (exact) mass is 449 g/mol. The van der Waals surface area contributed by atoms with Gasteiger partial charge in [-0.05, 0) is 35.0 Å². The summed E-state index contributed by atoms with van der Waals surface area (Å²) in [6.45, 7) is 3.47. The van der Waals surface area contributed by atoms with Gasteiger partial charge in [-0.15, -0.1) is 0 Å². The molecule has 34 heavy (non-hydrogen) atoms. The largest absolute Gasteiger partial charge is 0.496 e. The predicted molar refractivity (Wildman–Crippen MR) is 137 cm³/mol. The normalized spacial score (nSPS) is 14.3. The zero-order valence-electron chi connectivity index (χ0n) is 19.2. The Kier molecular flexibility index (Phi) is 6.36. The molecule has 0 atom stereocenters. The van der Waals surface area contributed by atoms with E-state index < -0.39 is 0 Å². The van der Waals surface area contributed by atoms with Gasteiger partial charge in [0, 0.05) is 37.3 Å². The van der Waals surface area contributed by atoms with Crippen LogP contribution in [0.4, 0.5) is 5.69 Å². The van der Waals surface area contributed by atoms with E-state index in [2.05, 4.69) is 34.5 Å². The smallest absolute Gasteiger partial charge is 0.193 e. The summed E-state index contributed by atoms with van der Waals surface area (Å²) in [6.07, 6.45) is 0. The fourth-order valence-corrected chi connectivity index (χ4v) is 4.34. The SMILES string of the molecule is COc1cc2ccccc2cc1C(=Nc1cccc(C(=O)c2ccccc2)c1)N1CCNCC1. The maximum atomic E-state index is 13.0. The minimum Gasteiger partial charge on any atom is -0.496 e. The van der Waals surface area contributed by atoms with Crippen LogP contribution in [0.15, 0.2) is 96.0 Å². The Morgan fingerprint density at radius 3 is 2.24 bits per heavy atom. The second kappa shape index (κ2) is 9.89. The molecule has 0 saturated carbocycles. The molecule has 0 aromatic heterocycles. The van der Waals surface area contributed by atoms with Crippen LogP contribution in [0, 0.1) is 0 Å². The van der Waals surface area contributed by atoms with Gasteiger partial charge in [0.1, 0.15) is 11.6 Å². The summed E-state index contributed by atoms with van der Waals surface area (Å²) >= 11 is 0. The molecule has 1 heterocycles. The van der Waals surface area contributed by atoms with E-state index in [4.69, 9.17) is 9.73 Å². The number of carbonyl (C=O) groups excluding carboxylic acids is 1. The number of ketones is 1. The van der Waals surface area contributed by atoms with E-state index in [0.717, 1.165) is 59.8 Å². The zero-order valence-corrected chi connectivity index (χ0v) is 19.2. The minimum absolute atomic E-state index is 0.00958. The number of nitrogens with one attached hydrogen (secondary N) is 1. The summed E-state index contributed by atoms with van der Waals surface area (Å²) in [5, 5.41) is 5.67. The summed E-state index contributed by atoms with van der Waals surface area (Å²) in [5.41, 5.74) is 2.98. The third-order valence-corrected chi connectivity index (χ3v) is 6.10. The van der Waals surface area contributed by atoms with Crippen LogP contribution in [0.2, 0.25) is 0 Å². The van der Waals surface area contributed by atoms with Gasteiger partial charge < -0.3 is 15.0 Å². The zero-order chi connectivity index (χ0) is 23.3. The first-order valence-electron chi connectivity index (χ1n) is 11.5. The van der Waals surface area contributed by atoms with Crippen molar-refractivity contribution in [1.82, 2.24) is 10.2 Å². The van der Waals surface area contributed by atoms with Gasteiger partial charge in [-0.25, -0.2) is 4.99 Å². The average molecular weight is 450 g/mol. The van der Waals surface area contributed by atoms with Crippen LogP contribution in [0.1, 0.15) is 21.5 Å². The number of ether oxygens (including phenoxy) is 1. The Labute approximate surface area is 199 Å². The topological polar surface area (TPSA) is 53.9 Å². The molecule has 0 bridgehead atoms. The number of aliphatic imine (C=N–C) groups is 1. The van der Waals surface area contributed by atoms with Crippen molar-refractivity contribution in [1.29, 1.82) is 0 Å². The molecule has 1 aliphatic heterocycles. The number of amidine groups is 1. The Bertz CT molecular complexity index is 1340. The van der Waals surface area contributed by atoms with Crippen molar-refractivity contribution in [2.24, 2.45) is 4.99 Å². The van der Waals surface area contributed by atoms with E-state index in [1.54, 1.807) is 7.11 Å². The summed E-state index contributed by atoms with van der Waals surface area (Å²) in [5.74, 6) is 1.63. The number of benzene rings is 4. The van der Waals surface area contributed by atoms with Crippen molar-refractivity contribution in [2.75, 3.05) is 33.3 Å². The third-order valence-electron chi connectivity index (χ3n) is 6.10. The second-order valence-electron chi connectivity index (χ2n) is 8.32. The molecule has 1 saturated heterocycles. The predicted octanol–water partition coefficient (Wildman–Crippen LogP) is 5.06. The molecular formula is C29H27N3O2. The van der Waals surface area contributed by atoms with Crippen LogP contribution >= 0.6 is 0 Å². The summed E-state index contributed by atoms with van der Waals surface area (Å²) < 4.78 is 5.81. The lowest BCUT2D eigenvalue weighted by atomic mass is 10.0. The number of methoxy groups -OCH3 is 1. The van der Waals surface area contributed by atoms with E-state index in [0.29, 0.717) is 11.1 Å². The lowest BCUT2D eigenvalue weighted by molar-refractivity contribution is 0.103. The summed E-state index contributed by atoms with van der Waals surface area (Å²) in [4.78, 5) is 20.4. The fourth-order valence-electron chi connectivity index (χ4n) is 4.34. The number of carbonyl (C=O) groups is 1. The molecule has 0 unspecified atom stereocenters. The molecule has 1 aliphatic rings. The number of hydrogen-bond acceptors (Lipinski definition) is 4. The van der Waals surface area contributed by atoms with Gasteiger partial charge in [0.2, 0.25) is 0 Å². The molecule has 0 radical (unpaired) electrons. The van der Waals surface area contributed by atoms with Gasteiger partial charge in [0.15, 0.2) is 5.78 Å². The lowest BCUT2D eigenvalue weighted by Crippen LogP contribution is -2.46. The molecule has 5 rings (SSSR count). The number of rotatable bonds is 5. The Hall–Kier alpha value is -3.96. The molecular weight excluding hydrogens is 422 g/mol. The molecule has 5 heteroatoms. The Balaban J connectivity index is 1.61. The van der Waals surface area contributed by atoms with Crippen molar-refractivity contribution < 1.29 is 9.53 Å². The number of nitrogens with zero attached hydrogens (tertiary/aromatic N) is 2. The van der Waals surface area contributed by atoms with Gasteiger partial charge in [0.25, 0.3) is 0 Å². The second-order valence-corrected chi connectivity index (χ2v) is 8.32. The standard InChI is InChI=1S/C29H27N3O2/c1-34-27-20-23-11-6-5-10-22(23)19-26(27)29(32-16-14-30-15-17-32)31-25-13-7-12-24(18-25)28(33)21-8-3-2-4-9-21/h2-13,18-20,30H,14-17H2,1H3. The van der Waals surface area contributed by atoms with E-state index in [1.807, 2.05) is 66.7 Å². The minimum atomic E-state index is -0.00958. The number of piperazine rings is 1. The first-order valence-corrected chi connectivity index (χ1v) is 11.5. The Morgan fingerprint density at radius 1 is 0.824 bits per heavy atom. The van der Waals surface area contributed by atoms with E-state index in [9.17, 15) is 4.79 Å². The first-order chi connectivity index (χ1) is 16.7. The summed E-state index contributed by atoms with van der Waals surface area (Å²) in [7, 11) is 1.70. The van der Waals surface area contributed by atoms with E-state index in [-0.39, 0.29) is 5.78 Å². The maximum Gasteiger partial charge on any atom is 0.193 e. The van der Waals surface area contributed by atoms with Crippen LogP contribution in [0.25, 0.3) is 10.8 Å². The average Bonchev–Trinajstić information content (AvgIpc) is 2.91. The highest BCUT2D eigenvalue weighted by Crippen LogP contribution is 2.29. The lowest BCUT2D eigenvalue weighted by Gasteiger charge is -2.31. The molecule has 5 nitrogen and oxygen atoms in total. The van der Waals surface area contributed by atoms with Crippen LogP contribution in [0.3, 0.4) is 0 Å². The van der Waals surface area contributed by atoms with Crippen LogP contribution < -0.4 is 10.1 Å². The van der Waals surface area contributed by atoms with Gasteiger partial charge in [0.05, 0.1) is 18.4 Å². The highest BCUT2D eigenvalue weighted by atomic mass is 16.5. The maximum absolute atomic E-state index is 13.0. The molecule has 0 amide bonds. The highest BCUT2D eigenvalue weighted by molar-refractivity contribution is 6.10. The molecule has 170 valence electrons. The van der Waals surface area contributed by atoms with Crippen molar-refractivity contribution >= 4 is 28.1 Å². The van der Waals surface area contributed by atoms with Crippen molar-refractivity contribution in [3.63, 3.8) is 0 Å². The third kappa shape index (κ3) is 4.56. The Morgan fingerprint density at radius 2 is 1.50 bits per heavy atom. The molecule has 0 aliphatic carbocycles. The summed E-state index contributed by atoms with van der Waals surface area (Å²) in [6, 6.07) is 29.4. The van der Waals surface area contributed by atoms with Crippen LogP contribution in [-0.4, -0.2) is 49.8 Å². The number of fused-ring (bicyclic) bond motifs is 1. The highest BCUT2D eigenvalue weighted by Gasteiger charge is 2.21. The molecule has 0 spiro atoms. The van der Waals surface area contributed by atoms with E-state index in [1.165, 1.54) is 0 Å². The van der Waals surface area contributed by atoms with Crippen LogP contribution in [0.5, 0.6) is 5.75 Å². The van der Waals surface area contributed by atoms with Crippen LogP contribution in [-0.2, 0) is 0 Å². The fraction of sp³-hybridized carbons (Fsp3) is 0.172. The first kappa shape index (κ1) is 21.9. The quantitative estimate of drug-likeness (QED) is 0.263. The van der Waals surface area contributed by atoms with Gasteiger partial charge in [-0.3, -0.25) is 4.79 Å². The molecule has 4 aromatic rings. The van der Waals surface area contributed by atoms with Gasteiger partial charge in [-0.2, -0.15) is 0 Å². The van der Waals surface area contributed by atoms with Gasteiger partial charge in [-0.1, -0.05) is 66.7 Å². The molecule has 4 aromatic carbocycles. The van der Waals surface area contributed by atoms with Crippen molar-refractivity contribution in [2.45, 2.75) is 0 Å².